The van der Waals surface area contributed by atoms with E-state index < -0.39 is 0 Å². The summed E-state index contributed by atoms with van der Waals surface area (Å²) in [5, 5.41) is 9.08. The number of rotatable bonds is 5. The number of aliphatic hydroxyl groups excluding tert-OH is 1. The maximum atomic E-state index is 9.08. The van der Waals surface area contributed by atoms with Gasteiger partial charge in [0.2, 0.25) is 5.88 Å². The molecule has 2 aromatic heterocycles. The second-order valence-corrected chi connectivity index (χ2v) is 4.41. The molecule has 0 radical (unpaired) electrons. The number of aliphatic hydroxyl groups is 1. The fourth-order valence-corrected chi connectivity index (χ4v) is 2.15. The zero-order valence-electron chi connectivity index (χ0n) is 9.46. The molecule has 0 bridgehead atoms. The fraction of sp³-hybridized carbons (Fsp3) is 0.364. The predicted octanol–water partition coefficient (Wildman–Crippen LogP) is 1.36. The molecule has 2 heterocycles. The zero-order chi connectivity index (χ0) is 12.1. The van der Waals surface area contributed by atoms with Crippen molar-refractivity contribution in [3.8, 4) is 5.88 Å². The van der Waals surface area contributed by atoms with E-state index in [-0.39, 0.29) is 6.61 Å². The van der Waals surface area contributed by atoms with Crippen molar-refractivity contribution in [2.24, 2.45) is 0 Å². The van der Waals surface area contributed by atoms with Gasteiger partial charge in [-0.15, -0.1) is 11.3 Å². The first-order valence-corrected chi connectivity index (χ1v) is 6.10. The molecule has 0 aliphatic carbocycles. The first kappa shape index (κ1) is 11.9. The fourth-order valence-electron chi connectivity index (χ4n) is 1.39. The minimum atomic E-state index is -0.115. The van der Waals surface area contributed by atoms with Crippen LogP contribution < -0.4 is 4.74 Å². The van der Waals surface area contributed by atoms with Crippen molar-refractivity contribution < 1.29 is 9.84 Å². The zero-order valence-corrected chi connectivity index (χ0v) is 10.3. The lowest BCUT2D eigenvalue weighted by molar-refractivity contribution is 0.258. The minimum Gasteiger partial charge on any atom is -0.477 e. The van der Waals surface area contributed by atoms with Gasteiger partial charge in [0.05, 0.1) is 30.0 Å². The summed E-state index contributed by atoms with van der Waals surface area (Å²) in [6, 6.07) is 0. The molecule has 0 spiro atoms. The average Bonchev–Trinajstić information content (AvgIpc) is 2.76. The molecular weight excluding hydrogens is 238 g/mol. The lowest BCUT2D eigenvalue weighted by atomic mass is 10.3. The lowest BCUT2D eigenvalue weighted by Gasteiger charge is -2.07. The second kappa shape index (κ2) is 5.70. The van der Waals surface area contributed by atoms with Gasteiger partial charge in [0.25, 0.3) is 0 Å². The molecule has 6 heteroatoms. The lowest BCUT2D eigenvalue weighted by Crippen LogP contribution is -2.05. The summed E-state index contributed by atoms with van der Waals surface area (Å²) < 4.78 is 5.52. The molecule has 0 unspecified atom stereocenters. The third-order valence-electron chi connectivity index (χ3n) is 2.33. The molecule has 0 atom stereocenters. The summed E-state index contributed by atoms with van der Waals surface area (Å²) in [4.78, 5) is 13.2. The van der Waals surface area contributed by atoms with Crippen molar-refractivity contribution >= 4 is 11.3 Å². The highest BCUT2D eigenvalue weighted by Gasteiger charge is 2.05. The van der Waals surface area contributed by atoms with Crippen molar-refractivity contribution in [2.75, 3.05) is 6.61 Å². The minimum absolute atomic E-state index is 0.115. The normalized spacial score (nSPS) is 10.5. The summed E-state index contributed by atoms with van der Waals surface area (Å²) in [7, 11) is 0. The molecule has 1 N–H and O–H groups in total. The Bertz CT molecular complexity index is 487. The quantitative estimate of drug-likeness (QED) is 0.869. The molecule has 0 amide bonds. The number of aryl methyl sites for hydroxylation is 1. The van der Waals surface area contributed by atoms with E-state index in [1.165, 1.54) is 11.2 Å². The molecule has 2 aromatic rings. The van der Waals surface area contributed by atoms with E-state index >= 15 is 0 Å². The van der Waals surface area contributed by atoms with Crippen LogP contribution in [-0.2, 0) is 13.0 Å². The van der Waals surface area contributed by atoms with Crippen molar-refractivity contribution in [1.82, 2.24) is 15.0 Å². The number of nitrogens with zero attached hydrogens (tertiary/aromatic N) is 3. The maximum absolute atomic E-state index is 9.08. The first-order valence-electron chi connectivity index (χ1n) is 5.22. The van der Waals surface area contributed by atoms with Crippen molar-refractivity contribution in [3.63, 3.8) is 0 Å². The third-order valence-corrected chi connectivity index (χ3v) is 3.32. The van der Waals surface area contributed by atoms with Crippen LogP contribution in [0.5, 0.6) is 5.88 Å². The van der Waals surface area contributed by atoms with Gasteiger partial charge in [-0.2, -0.15) is 0 Å². The van der Waals surface area contributed by atoms with Crippen LogP contribution in [0.15, 0.2) is 18.0 Å². The number of ether oxygens (including phenoxy) is 1. The van der Waals surface area contributed by atoms with Crippen LogP contribution in [0, 0.1) is 6.92 Å². The van der Waals surface area contributed by atoms with Crippen LogP contribution in [0.1, 0.15) is 16.1 Å². The molecule has 0 aliphatic heterocycles. The summed E-state index contributed by atoms with van der Waals surface area (Å²) in [6.07, 6.45) is 3.76. The summed E-state index contributed by atoms with van der Waals surface area (Å²) in [5.41, 5.74) is 3.48. The SMILES string of the molecule is Cc1ncsc1CCOc1ncncc1CO. The number of thiazole rings is 1. The Labute approximate surface area is 103 Å². The molecule has 0 aromatic carbocycles. The van der Waals surface area contributed by atoms with Crippen LogP contribution in [-0.4, -0.2) is 26.7 Å². The number of hydrogen-bond donors (Lipinski definition) is 1. The Balaban J connectivity index is 1.92. The Kier molecular flexibility index (Phi) is 4.00. The smallest absolute Gasteiger partial charge is 0.221 e. The molecular formula is C11H13N3O2S. The van der Waals surface area contributed by atoms with Crippen LogP contribution in [0.25, 0.3) is 0 Å². The number of aromatic nitrogens is 3. The molecule has 5 nitrogen and oxygen atoms in total. The van der Waals surface area contributed by atoms with Gasteiger partial charge < -0.3 is 9.84 Å². The highest BCUT2D eigenvalue weighted by Crippen LogP contribution is 2.15. The topological polar surface area (TPSA) is 68.1 Å². The third kappa shape index (κ3) is 2.98. The van der Waals surface area contributed by atoms with Gasteiger partial charge in [0, 0.05) is 17.5 Å². The second-order valence-electron chi connectivity index (χ2n) is 3.47. The van der Waals surface area contributed by atoms with Gasteiger partial charge in [-0.3, -0.25) is 0 Å². The highest BCUT2D eigenvalue weighted by atomic mass is 32.1. The summed E-state index contributed by atoms with van der Waals surface area (Å²) >= 11 is 1.62. The van der Waals surface area contributed by atoms with E-state index in [1.54, 1.807) is 17.5 Å². The van der Waals surface area contributed by atoms with Crippen LogP contribution in [0.2, 0.25) is 0 Å². The van der Waals surface area contributed by atoms with Gasteiger partial charge in [-0.25, -0.2) is 15.0 Å². The Morgan fingerprint density at radius 3 is 3.00 bits per heavy atom. The van der Waals surface area contributed by atoms with Crippen molar-refractivity contribution in [1.29, 1.82) is 0 Å². The van der Waals surface area contributed by atoms with Gasteiger partial charge in [-0.1, -0.05) is 0 Å². The summed E-state index contributed by atoms with van der Waals surface area (Å²) in [6.45, 7) is 2.39. The van der Waals surface area contributed by atoms with E-state index in [9.17, 15) is 0 Å². The van der Waals surface area contributed by atoms with Gasteiger partial charge in [-0.05, 0) is 6.92 Å². The van der Waals surface area contributed by atoms with E-state index in [0.29, 0.717) is 18.1 Å². The van der Waals surface area contributed by atoms with Gasteiger partial charge in [0.15, 0.2) is 0 Å². The van der Waals surface area contributed by atoms with E-state index in [0.717, 1.165) is 12.1 Å². The molecule has 0 aliphatic rings. The van der Waals surface area contributed by atoms with Crippen LogP contribution >= 0.6 is 11.3 Å². The highest BCUT2D eigenvalue weighted by molar-refractivity contribution is 7.09. The Hall–Kier alpha value is -1.53. The largest absolute Gasteiger partial charge is 0.477 e. The van der Waals surface area contributed by atoms with Crippen molar-refractivity contribution in [3.05, 3.63) is 34.2 Å². The average molecular weight is 251 g/mol. The molecule has 17 heavy (non-hydrogen) atoms. The van der Waals surface area contributed by atoms with E-state index in [4.69, 9.17) is 9.84 Å². The maximum Gasteiger partial charge on any atom is 0.221 e. The Morgan fingerprint density at radius 1 is 1.41 bits per heavy atom. The Morgan fingerprint density at radius 2 is 2.29 bits per heavy atom. The molecule has 0 fully saturated rings. The first-order chi connectivity index (χ1) is 8.31. The van der Waals surface area contributed by atoms with E-state index in [1.807, 2.05) is 12.4 Å². The van der Waals surface area contributed by atoms with Gasteiger partial charge in [0.1, 0.15) is 6.33 Å². The van der Waals surface area contributed by atoms with Crippen LogP contribution in [0.3, 0.4) is 0 Å². The van der Waals surface area contributed by atoms with Crippen LogP contribution in [0.4, 0.5) is 0 Å². The molecule has 0 saturated heterocycles. The van der Waals surface area contributed by atoms with Gasteiger partial charge >= 0.3 is 0 Å². The number of hydrogen-bond acceptors (Lipinski definition) is 6. The standard InChI is InChI=1S/C11H13N3O2S/c1-8-10(17-7-14-8)2-3-16-11-9(5-15)4-12-6-13-11/h4,6-7,15H,2-3,5H2,1H3. The molecule has 0 saturated carbocycles. The predicted molar refractivity (Wildman–Crippen MR) is 64.0 cm³/mol. The molecule has 90 valence electrons. The summed E-state index contributed by atoms with van der Waals surface area (Å²) in [5.74, 6) is 0.449. The van der Waals surface area contributed by atoms with E-state index in [2.05, 4.69) is 15.0 Å². The van der Waals surface area contributed by atoms with Crippen molar-refractivity contribution in [2.45, 2.75) is 20.0 Å². The molecule has 2 rings (SSSR count). The monoisotopic (exact) mass is 251 g/mol.